The lowest BCUT2D eigenvalue weighted by atomic mass is 10.1. The molecule has 110 valence electrons. The monoisotopic (exact) mass is 274 g/mol. The Labute approximate surface area is 121 Å². The summed E-state index contributed by atoms with van der Waals surface area (Å²) in [5.41, 5.74) is 7.74. The van der Waals surface area contributed by atoms with Crippen molar-refractivity contribution in [2.45, 2.75) is 38.3 Å². The Kier molecular flexibility index (Phi) is 4.39. The minimum absolute atomic E-state index is 0.376. The van der Waals surface area contributed by atoms with E-state index < -0.39 is 0 Å². The van der Waals surface area contributed by atoms with E-state index in [0.717, 1.165) is 29.5 Å². The molecule has 0 saturated heterocycles. The van der Waals surface area contributed by atoms with E-state index in [1.807, 2.05) is 24.3 Å². The van der Waals surface area contributed by atoms with Gasteiger partial charge in [-0.2, -0.15) is 0 Å². The molecule has 0 amide bonds. The summed E-state index contributed by atoms with van der Waals surface area (Å²) in [5.74, 6) is 1.78. The van der Waals surface area contributed by atoms with Crippen molar-refractivity contribution in [2.75, 3.05) is 19.6 Å². The van der Waals surface area contributed by atoms with Gasteiger partial charge in [0.05, 0.1) is 6.10 Å². The van der Waals surface area contributed by atoms with Crippen molar-refractivity contribution < 1.29 is 5.11 Å². The first kappa shape index (κ1) is 14.1. The fraction of sp³-hybridized carbons (Fsp3) is 0.647. The summed E-state index contributed by atoms with van der Waals surface area (Å²) in [6, 6.07) is 8.06. The number of nitrogens with two attached hydrogens (primary N) is 1. The zero-order chi connectivity index (χ0) is 13.9. The second-order valence-corrected chi connectivity index (χ2v) is 6.57. The molecule has 0 bridgehead atoms. The van der Waals surface area contributed by atoms with Crippen LogP contribution in [0.4, 0.5) is 0 Å². The predicted octanol–water partition coefficient (Wildman–Crippen LogP) is 2.30. The van der Waals surface area contributed by atoms with E-state index in [2.05, 4.69) is 4.90 Å². The van der Waals surface area contributed by atoms with Crippen LogP contribution in [0.1, 0.15) is 42.9 Å². The van der Waals surface area contributed by atoms with Crippen LogP contribution in [0.5, 0.6) is 0 Å². The minimum atomic E-state index is -0.376. The van der Waals surface area contributed by atoms with Crippen molar-refractivity contribution in [1.29, 1.82) is 0 Å². The molecule has 0 spiro atoms. The molecule has 0 radical (unpaired) electrons. The van der Waals surface area contributed by atoms with Crippen LogP contribution < -0.4 is 5.73 Å². The smallest absolute Gasteiger partial charge is 0.0916 e. The molecular weight excluding hydrogens is 248 g/mol. The van der Waals surface area contributed by atoms with Gasteiger partial charge in [-0.25, -0.2) is 0 Å². The highest BCUT2D eigenvalue weighted by atomic mass is 16.3. The highest BCUT2D eigenvalue weighted by Gasteiger charge is 2.30. The summed E-state index contributed by atoms with van der Waals surface area (Å²) in [6.07, 6.45) is 5.13. The second-order valence-electron chi connectivity index (χ2n) is 6.57. The Hall–Kier alpha value is -0.900. The molecule has 0 aliphatic heterocycles. The Morgan fingerprint density at radius 3 is 2.05 bits per heavy atom. The molecule has 20 heavy (non-hydrogen) atoms. The Morgan fingerprint density at radius 2 is 1.60 bits per heavy atom. The fourth-order valence-electron chi connectivity index (χ4n) is 2.78. The highest BCUT2D eigenvalue weighted by Crippen LogP contribution is 2.34. The quantitative estimate of drug-likeness (QED) is 0.765. The van der Waals surface area contributed by atoms with E-state index in [1.165, 1.54) is 38.8 Å². The van der Waals surface area contributed by atoms with Gasteiger partial charge >= 0.3 is 0 Å². The summed E-state index contributed by atoms with van der Waals surface area (Å²) in [6.45, 7) is 3.68. The highest BCUT2D eigenvalue weighted by molar-refractivity contribution is 5.24. The molecule has 3 rings (SSSR count). The summed E-state index contributed by atoms with van der Waals surface area (Å²) in [4.78, 5) is 2.48. The SMILES string of the molecule is NCc1ccc(C(O)CN(CC2CC2)CC2CC2)cc1. The maximum absolute atomic E-state index is 10.4. The maximum atomic E-state index is 10.4. The molecule has 3 heteroatoms. The van der Waals surface area contributed by atoms with Crippen molar-refractivity contribution >= 4 is 0 Å². The van der Waals surface area contributed by atoms with Crippen LogP contribution in [-0.2, 0) is 6.54 Å². The average molecular weight is 274 g/mol. The van der Waals surface area contributed by atoms with Crippen LogP contribution in [-0.4, -0.2) is 29.6 Å². The number of aliphatic hydroxyl groups excluding tert-OH is 1. The normalized spacial score (nSPS) is 20.4. The first-order valence-electron chi connectivity index (χ1n) is 7.94. The van der Waals surface area contributed by atoms with Crippen LogP contribution >= 0.6 is 0 Å². The molecule has 1 atom stereocenters. The lowest BCUT2D eigenvalue weighted by molar-refractivity contribution is 0.107. The molecule has 2 saturated carbocycles. The maximum Gasteiger partial charge on any atom is 0.0916 e. The van der Waals surface area contributed by atoms with E-state index in [-0.39, 0.29) is 6.10 Å². The minimum Gasteiger partial charge on any atom is -0.387 e. The standard InChI is InChI=1S/C17H26N2O/c18-9-13-5-7-16(8-6-13)17(20)12-19(10-14-1-2-14)11-15-3-4-15/h5-8,14-15,17,20H,1-4,9-12,18H2. The van der Waals surface area contributed by atoms with E-state index in [1.54, 1.807) is 0 Å². The zero-order valence-electron chi connectivity index (χ0n) is 12.2. The number of aliphatic hydroxyl groups is 1. The first-order valence-corrected chi connectivity index (χ1v) is 7.94. The lowest BCUT2D eigenvalue weighted by Crippen LogP contribution is -2.32. The van der Waals surface area contributed by atoms with Crippen molar-refractivity contribution in [3.63, 3.8) is 0 Å². The summed E-state index contributed by atoms with van der Waals surface area (Å²) in [5, 5.41) is 10.4. The fourth-order valence-corrected chi connectivity index (χ4v) is 2.78. The van der Waals surface area contributed by atoms with Crippen molar-refractivity contribution in [3.05, 3.63) is 35.4 Å². The Balaban J connectivity index is 1.56. The molecule has 2 aliphatic rings. The van der Waals surface area contributed by atoms with Crippen molar-refractivity contribution in [3.8, 4) is 0 Å². The van der Waals surface area contributed by atoms with Gasteiger partial charge in [-0.1, -0.05) is 24.3 Å². The first-order chi connectivity index (χ1) is 9.74. The van der Waals surface area contributed by atoms with Gasteiger partial charge in [0.25, 0.3) is 0 Å². The van der Waals surface area contributed by atoms with Gasteiger partial charge in [0.1, 0.15) is 0 Å². The molecule has 3 nitrogen and oxygen atoms in total. The number of hydrogen-bond donors (Lipinski definition) is 2. The van der Waals surface area contributed by atoms with E-state index in [9.17, 15) is 5.11 Å². The predicted molar refractivity (Wildman–Crippen MR) is 81.2 cm³/mol. The van der Waals surface area contributed by atoms with Crippen LogP contribution in [0.25, 0.3) is 0 Å². The van der Waals surface area contributed by atoms with Gasteiger partial charge in [-0.15, -0.1) is 0 Å². The van der Waals surface area contributed by atoms with Gasteiger partial charge in [0, 0.05) is 26.2 Å². The van der Waals surface area contributed by atoms with Crippen LogP contribution in [0.15, 0.2) is 24.3 Å². The molecular formula is C17H26N2O. The number of hydrogen-bond acceptors (Lipinski definition) is 3. The van der Waals surface area contributed by atoms with Crippen molar-refractivity contribution in [1.82, 2.24) is 4.90 Å². The lowest BCUT2D eigenvalue weighted by Gasteiger charge is -2.25. The molecule has 1 aromatic carbocycles. The summed E-state index contributed by atoms with van der Waals surface area (Å²) >= 11 is 0. The molecule has 1 aromatic rings. The van der Waals surface area contributed by atoms with E-state index in [4.69, 9.17) is 5.73 Å². The zero-order valence-corrected chi connectivity index (χ0v) is 12.2. The Morgan fingerprint density at radius 1 is 1.05 bits per heavy atom. The van der Waals surface area contributed by atoms with Crippen LogP contribution in [0, 0.1) is 11.8 Å². The Bertz CT molecular complexity index is 409. The van der Waals surface area contributed by atoms with E-state index >= 15 is 0 Å². The van der Waals surface area contributed by atoms with Crippen LogP contribution in [0.2, 0.25) is 0 Å². The molecule has 3 N–H and O–H groups in total. The van der Waals surface area contributed by atoms with Crippen LogP contribution in [0.3, 0.4) is 0 Å². The largest absolute Gasteiger partial charge is 0.387 e. The molecule has 2 aliphatic carbocycles. The van der Waals surface area contributed by atoms with Gasteiger partial charge < -0.3 is 10.8 Å². The summed E-state index contributed by atoms with van der Waals surface area (Å²) < 4.78 is 0. The molecule has 2 fully saturated rings. The third-order valence-electron chi connectivity index (χ3n) is 4.46. The van der Waals surface area contributed by atoms with E-state index in [0.29, 0.717) is 6.54 Å². The van der Waals surface area contributed by atoms with Gasteiger partial charge in [-0.3, -0.25) is 4.90 Å². The molecule has 1 unspecified atom stereocenters. The van der Waals surface area contributed by atoms with Gasteiger partial charge in [-0.05, 0) is 48.6 Å². The third kappa shape index (κ3) is 4.05. The summed E-state index contributed by atoms with van der Waals surface area (Å²) in [7, 11) is 0. The number of rotatable bonds is 8. The van der Waals surface area contributed by atoms with Gasteiger partial charge in [0.15, 0.2) is 0 Å². The third-order valence-corrected chi connectivity index (χ3v) is 4.46. The van der Waals surface area contributed by atoms with Gasteiger partial charge in [0.2, 0.25) is 0 Å². The number of nitrogens with zero attached hydrogens (tertiary/aromatic N) is 1. The topological polar surface area (TPSA) is 49.5 Å². The van der Waals surface area contributed by atoms with Crippen molar-refractivity contribution in [2.24, 2.45) is 17.6 Å². The number of benzene rings is 1. The molecule has 0 heterocycles. The molecule has 0 aromatic heterocycles. The second kappa shape index (κ2) is 6.25. The average Bonchev–Trinajstić information content (AvgIpc) is 3.35.